The zero-order valence-corrected chi connectivity index (χ0v) is 14.6. The van der Waals surface area contributed by atoms with Crippen LogP contribution in [0.3, 0.4) is 0 Å². The summed E-state index contributed by atoms with van der Waals surface area (Å²) in [6.07, 6.45) is 1.40. The van der Waals surface area contributed by atoms with Crippen molar-refractivity contribution in [1.82, 2.24) is 24.6 Å². The van der Waals surface area contributed by atoms with Crippen molar-refractivity contribution in [3.8, 4) is 0 Å². The second-order valence-corrected chi connectivity index (χ2v) is 6.58. The van der Waals surface area contributed by atoms with Gasteiger partial charge in [0.15, 0.2) is 11.2 Å². The van der Waals surface area contributed by atoms with Gasteiger partial charge in [0.2, 0.25) is 5.95 Å². The fourth-order valence-corrected chi connectivity index (χ4v) is 3.22. The smallest absolute Gasteiger partial charge is 0.395 e. The standard InChI is InChI=1S/C12H21N6O6P/c1-2-23-25(21,15-3-4-19)24-6-5-22-8-18-7-14-9-10(18)16-12(13)17-11(9)20/h7,19H,2-6,8H2,1H3,(H,15,21)(H3,13,16,17,20). The van der Waals surface area contributed by atoms with Gasteiger partial charge in [0.05, 0.1) is 32.8 Å². The minimum absolute atomic E-state index is 0.00150. The highest BCUT2D eigenvalue weighted by atomic mass is 31.2. The second-order valence-electron chi connectivity index (χ2n) is 4.76. The van der Waals surface area contributed by atoms with Gasteiger partial charge in [-0.25, -0.2) is 14.6 Å². The monoisotopic (exact) mass is 376 g/mol. The number of H-pyrrole nitrogens is 1. The second kappa shape index (κ2) is 9.04. The van der Waals surface area contributed by atoms with Crippen LogP contribution in [0.4, 0.5) is 5.95 Å². The summed E-state index contributed by atoms with van der Waals surface area (Å²) in [4.78, 5) is 22.0. The summed E-state index contributed by atoms with van der Waals surface area (Å²) in [6.45, 7) is 1.92. The first-order valence-electron chi connectivity index (χ1n) is 7.52. The first-order chi connectivity index (χ1) is 12.0. The molecule has 0 saturated heterocycles. The lowest BCUT2D eigenvalue weighted by molar-refractivity contribution is 0.0498. The maximum Gasteiger partial charge on any atom is 0.405 e. The molecular formula is C12H21N6O6P. The highest BCUT2D eigenvalue weighted by Crippen LogP contribution is 2.42. The molecule has 0 aromatic carbocycles. The van der Waals surface area contributed by atoms with Crippen LogP contribution in [0.2, 0.25) is 0 Å². The number of imidazole rings is 1. The third kappa shape index (κ3) is 5.33. The number of hydrogen-bond acceptors (Lipinski definition) is 9. The Balaban J connectivity index is 1.85. The molecule has 12 nitrogen and oxygen atoms in total. The van der Waals surface area contributed by atoms with Crippen molar-refractivity contribution in [1.29, 1.82) is 0 Å². The minimum Gasteiger partial charge on any atom is -0.395 e. The predicted octanol–water partition coefficient (Wildman–Crippen LogP) is -0.581. The first-order valence-corrected chi connectivity index (χ1v) is 9.07. The molecule has 0 aliphatic carbocycles. The molecule has 0 radical (unpaired) electrons. The van der Waals surface area contributed by atoms with Crippen LogP contribution in [0.15, 0.2) is 11.1 Å². The van der Waals surface area contributed by atoms with Gasteiger partial charge >= 0.3 is 7.75 Å². The van der Waals surface area contributed by atoms with Crippen molar-refractivity contribution in [3.63, 3.8) is 0 Å². The van der Waals surface area contributed by atoms with Crippen molar-refractivity contribution in [2.45, 2.75) is 13.7 Å². The predicted molar refractivity (Wildman–Crippen MR) is 88.8 cm³/mol. The number of aromatic nitrogens is 4. The van der Waals surface area contributed by atoms with E-state index in [1.807, 2.05) is 0 Å². The Morgan fingerprint density at radius 3 is 2.96 bits per heavy atom. The number of nitrogens with zero attached hydrogens (tertiary/aromatic N) is 3. The van der Waals surface area contributed by atoms with Crippen LogP contribution in [0, 0.1) is 0 Å². The minimum atomic E-state index is -3.47. The van der Waals surface area contributed by atoms with Crippen LogP contribution < -0.4 is 16.4 Å². The summed E-state index contributed by atoms with van der Waals surface area (Å²) < 4.78 is 29.4. The van der Waals surface area contributed by atoms with Gasteiger partial charge in [-0.3, -0.25) is 23.4 Å². The van der Waals surface area contributed by atoms with Crippen molar-refractivity contribution < 1.29 is 23.5 Å². The molecule has 0 aliphatic rings. The van der Waals surface area contributed by atoms with E-state index in [2.05, 4.69) is 20.0 Å². The molecular weight excluding hydrogens is 355 g/mol. The maximum absolute atomic E-state index is 12.2. The lowest BCUT2D eigenvalue weighted by atomic mass is 10.5. The third-order valence-corrected chi connectivity index (χ3v) is 4.66. The Morgan fingerprint density at radius 2 is 2.24 bits per heavy atom. The van der Waals surface area contributed by atoms with Gasteiger partial charge in [0, 0.05) is 6.54 Å². The number of aromatic amines is 1. The van der Waals surface area contributed by atoms with Gasteiger partial charge in [-0.2, -0.15) is 4.98 Å². The number of aliphatic hydroxyl groups excluding tert-OH is 1. The van der Waals surface area contributed by atoms with Crippen LogP contribution in [-0.4, -0.2) is 57.6 Å². The molecule has 0 spiro atoms. The fraction of sp³-hybridized carbons (Fsp3) is 0.583. The van der Waals surface area contributed by atoms with Crippen LogP contribution in [-0.2, 0) is 25.1 Å². The summed E-state index contributed by atoms with van der Waals surface area (Å²) in [5.74, 6) is -0.0183. The summed E-state index contributed by atoms with van der Waals surface area (Å²) in [6, 6.07) is 0. The van der Waals surface area contributed by atoms with Crippen LogP contribution >= 0.6 is 7.75 Å². The summed E-state index contributed by atoms with van der Waals surface area (Å²) in [5, 5.41) is 11.3. The SMILES string of the molecule is CCOP(=O)(NCCO)OCCOCn1cnc2c(=O)[nH]c(N)nc21. The molecule has 2 heterocycles. The fourth-order valence-electron chi connectivity index (χ4n) is 1.93. The number of nitrogen functional groups attached to an aromatic ring is 1. The van der Waals surface area contributed by atoms with E-state index in [1.165, 1.54) is 10.9 Å². The zero-order valence-electron chi connectivity index (χ0n) is 13.7. The summed E-state index contributed by atoms with van der Waals surface area (Å²) in [7, 11) is -3.47. The van der Waals surface area contributed by atoms with Crippen molar-refractivity contribution in [2.75, 3.05) is 38.7 Å². The van der Waals surface area contributed by atoms with Crippen LogP contribution in [0.5, 0.6) is 0 Å². The Hall–Kier alpha value is -1.82. The molecule has 0 amide bonds. The largest absolute Gasteiger partial charge is 0.405 e. The van der Waals surface area contributed by atoms with Gasteiger partial charge in [-0.15, -0.1) is 0 Å². The average Bonchev–Trinajstić information content (AvgIpc) is 2.96. The van der Waals surface area contributed by atoms with E-state index in [9.17, 15) is 9.36 Å². The molecule has 1 unspecified atom stereocenters. The van der Waals surface area contributed by atoms with Crippen molar-refractivity contribution in [3.05, 3.63) is 16.7 Å². The molecule has 13 heteroatoms. The van der Waals surface area contributed by atoms with Gasteiger partial charge in [0.1, 0.15) is 6.73 Å². The number of hydrogen-bond donors (Lipinski definition) is 4. The molecule has 0 saturated carbocycles. The van der Waals surface area contributed by atoms with Gasteiger partial charge < -0.3 is 15.6 Å². The van der Waals surface area contributed by atoms with E-state index >= 15 is 0 Å². The number of nitrogens with one attached hydrogen (secondary N) is 2. The normalized spacial score (nSPS) is 14.0. The zero-order chi connectivity index (χ0) is 18.3. The molecule has 0 fully saturated rings. The molecule has 25 heavy (non-hydrogen) atoms. The topological polar surface area (TPSA) is 167 Å². The quantitative estimate of drug-likeness (QED) is 0.294. The molecule has 5 N–H and O–H groups in total. The van der Waals surface area contributed by atoms with Crippen LogP contribution in [0.1, 0.15) is 6.92 Å². The van der Waals surface area contributed by atoms with Gasteiger partial charge in [-0.1, -0.05) is 0 Å². The number of nitrogens with two attached hydrogens (primary N) is 1. The number of fused-ring (bicyclic) bond motifs is 1. The Morgan fingerprint density at radius 1 is 1.44 bits per heavy atom. The molecule has 1 atom stereocenters. The van der Waals surface area contributed by atoms with E-state index in [0.29, 0.717) is 5.65 Å². The Kier molecular flexibility index (Phi) is 7.05. The van der Waals surface area contributed by atoms with Crippen molar-refractivity contribution in [2.24, 2.45) is 0 Å². The third-order valence-electron chi connectivity index (χ3n) is 2.93. The highest BCUT2D eigenvalue weighted by molar-refractivity contribution is 7.51. The number of aliphatic hydroxyl groups is 1. The van der Waals surface area contributed by atoms with E-state index < -0.39 is 13.3 Å². The van der Waals surface area contributed by atoms with Gasteiger partial charge in [-0.05, 0) is 6.92 Å². The molecule has 0 aliphatic heterocycles. The number of anilines is 1. The van der Waals surface area contributed by atoms with Crippen molar-refractivity contribution >= 4 is 24.9 Å². The van der Waals surface area contributed by atoms with E-state index in [0.717, 1.165) is 0 Å². The van der Waals surface area contributed by atoms with Crippen LogP contribution in [0.25, 0.3) is 11.2 Å². The molecule has 140 valence electrons. The number of rotatable bonds is 11. The lowest BCUT2D eigenvalue weighted by Crippen LogP contribution is -2.20. The first kappa shape index (κ1) is 19.5. The van der Waals surface area contributed by atoms with E-state index in [4.69, 9.17) is 24.6 Å². The number of ether oxygens (including phenoxy) is 1. The van der Waals surface area contributed by atoms with E-state index in [-0.39, 0.29) is 51.2 Å². The lowest BCUT2D eigenvalue weighted by Gasteiger charge is -2.18. The summed E-state index contributed by atoms with van der Waals surface area (Å²) >= 11 is 0. The highest BCUT2D eigenvalue weighted by Gasteiger charge is 2.22. The molecule has 0 bridgehead atoms. The maximum atomic E-state index is 12.2. The molecule has 2 aromatic heterocycles. The molecule has 2 rings (SSSR count). The average molecular weight is 376 g/mol. The van der Waals surface area contributed by atoms with Gasteiger partial charge in [0.25, 0.3) is 5.56 Å². The Bertz CT molecular complexity index is 792. The molecule has 2 aromatic rings. The Labute approximate surface area is 142 Å². The van der Waals surface area contributed by atoms with E-state index in [1.54, 1.807) is 6.92 Å². The summed E-state index contributed by atoms with van der Waals surface area (Å²) in [5.41, 5.74) is 5.53.